The highest BCUT2D eigenvalue weighted by Gasteiger charge is 2.15. The van der Waals surface area contributed by atoms with Crippen molar-refractivity contribution in [1.82, 2.24) is 15.1 Å². The fourth-order valence-electron chi connectivity index (χ4n) is 2.97. The Bertz CT molecular complexity index is 374. The molecule has 0 bridgehead atoms. The van der Waals surface area contributed by atoms with Gasteiger partial charge in [-0.3, -0.25) is 4.68 Å². The van der Waals surface area contributed by atoms with Crippen LogP contribution in [0.3, 0.4) is 0 Å². The van der Waals surface area contributed by atoms with Gasteiger partial charge < -0.3 is 10.1 Å². The molecule has 2 atom stereocenters. The van der Waals surface area contributed by atoms with Crippen LogP contribution in [0.5, 0.6) is 0 Å². The summed E-state index contributed by atoms with van der Waals surface area (Å²) < 4.78 is 7.39. The summed E-state index contributed by atoms with van der Waals surface area (Å²) in [7, 11) is 1.77. The Morgan fingerprint density at radius 1 is 1.29 bits per heavy atom. The first kappa shape index (κ1) is 18.2. The number of nitrogens with zero attached hydrogens (tertiary/aromatic N) is 2. The third kappa shape index (κ3) is 6.18. The molecule has 0 amide bonds. The van der Waals surface area contributed by atoms with Gasteiger partial charge in [0.25, 0.3) is 0 Å². The van der Waals surface area contributed by atoms with Gasteiger partial charge in [-0.25, -0.2) is 0 Å². The molecule has 1 heterocycles. The molecule has 4 nitrogen and oxygen atoms in total. The van der Waals surface area contributed by atoms with Crippen LogP contribution < -0.4 is 5.32 Å². The lowest BCUT2D eigenvalue weighted by molar-refractivity contribution is 0.149. The van der Waals surface area contributed by atoms with E-state index < -0.39 is 0 Å². The van der Waals surface area contributed by atoms with Crippen molar-refractivity contribution in [2.45, 2.75) is 65.5 Å². The van der Waals surface area contributed by atoms with Gasteiger partial charge in [-0.1, -0.05) is 27.7 Å². The molecule has 1 N–H and O–H groups in total. The molecule has 1 rings (SSSR count). The molecule has 21 heavy (non-hydrogen) atoms. The van der Waals surface area contributed by atoms with Crippen LogP contribution in [0.2, 0.25) is 0 Å². The van der Waals surface area contributed by atoms with E-state index in [1.165, 1.54) is 5.69 Å². The van der Waals surface area contributed by atoms with E-state index in [1.807, 2.05) is 0 Å². The van der Waals surface area contributed by atoms with Crippen LogP contribution >= 0.6 is 0 Å². The Hall–Kier alpha value is -0.870. The Balaban J connectivity index is 2.62. The van der Waals surface area contributed by atoms with Gasteiger partial charge in [-0.15, -0.1) is 0 Å². The standard InChI is InChI=1S/C17H33N3O/c1-6-17(7-2)20-10-9-15(19-20)12-16(18-8-3)11-14(4)13-21-5/h9-10,14,16-18H,6-8,11-13H2,1-5H3. The van der Waals surface area contributed by atoms with Crippen molar-refractivity contribution in [3.8, 4) is 0 Å². The zero-order valence-corrected chi connectivity index (χ0v) is 14.4. The maximum atomic E-state index is 5.25. The number of aromatic nitrogens is 2. The van der Waals surface area contributed by atoms with Gasteiger partial charge in [0.2, 0.25) is 0 Å². The van der Waals surface area contributed by atoms with Gasteiger partial charge in [0, 0.05) is 32.4 Å². The number of hydrogen-bond acceptors (Lipinski definition) is 3. The molecule has 1 aromatic heterocycles. The SMILES string of the molecule is CCNC(Cc1ccn(C(CC)CC)n1)CC(C)COC. The smallest absolute Gasteiger partial charge is 0.0640 e. The van der Waals surface area contributed by atoms with Gasteiger partial charge >= 0.3 is 0 Å². The summed E-state index contributed by atoms with van der Waals surface area (Å²) in [6.07, 6.45) is 6.53. The minimum absolute atomic E-state index is 0.477. The Labute approximate surface area is 130 Å². The normalized spacial score (nSPS) is 14.6. The summed E-state index contributed by atoms with van der Waals surface area (Å²) in [5.41, 5.74) is 1.19. The summed E-state index contributed by atoms with van der Waals surface area (Å²) in [5, 5.41) is 8.36. The average Bonchev–Trinajstić information content (AvgIpc) is 2.89. The lowest BCUT2D eigenvalue weighted by atomic mass is 9.99. The molecule has 0 saturated carbocycles. The van der Waals surface area contributed by atoms with Gasteiger partial charge in [-0.05, 0) is 37.8 Å². The minimum Gasteiger partial charge on any atom is -0.384 e. The molecule has 0 saturated heterocycles. The summed E-state index contributed by atoms with van der Waals surface area (Å²) in [6.45, 7) is 10.7. The summed E-state index contributed by atoms with van der Waals surface area (Å²) in [4.78, 5) is 0. The molecule has 0 spiro atoms. The van der Waals surface area contributed by atoms with Crippen LogP contribution in [0.25, 0.3) is 0 Å². The van der Waals surface area contributed by atoms with E-state index in [0.717, 1.165) is 38.8 Å². The molecule has 122 valence electrons. The van der Waals surface area contributed by atoms with E-state index in [4.69, 9.17) is 9.84 Å². The number of likely N-dealkylation sites (N-methyl/N-ethyl adjacent to an activating group) is 1. The van der Waals surface area contributed by atoms with Crippen LogP contribution in [0.4, 0.5) is 0 Å². The van der Waals surface area contributed by atoms with Crippen molar-refractivity contribution in [2.75, 3.05) is 20.3 Å². The maximum Gasteiger partial charge on any atom is 0.0640 e. The summed E-state index contributed by atoms with van der Waals surface area (Å²) in [6, 6.07) is 3.18. The van der Waals surface area contributed by atoms with E-state index in [-0.39, 0.29) is 0 Å². The van der Waals surface area contributed by atoms with Crippen molar-refractivity contribution in [3.05, 3.63) is 18.0 Å². The molecular weight excluding hydrogens is 262 g/mol. The Morgan fingerprint density at radius 3 is 2.57 bits per heavy atom. The van der Waals surface area contributed by atoms with Crippen molar-refractivity contribution < 1.29 is 4.74 Å². The molecule has 2 unspecified atom stereocenters. The third-order valence-electron chi connectivity index (χ3n) is 4.07. The highest BCUT2D eigenvalue weighted by atomic mass is 16.5. The Kier molecular flexibility index (Phi) is 8.62. The van der Waals surface area contributed by atoms with Gasteiger partial charge in [0.1, 0.15) is 0 Å². The predicted octanol–water partition coefficient (Wildman–Crippen LogP) is 3.44. The number of nitrogens with one attached hydrogen (secondary N) is 1. The minimum atomic E-state index is 0.477. The van der Waals surface area contributed by atoms with Crippen molar-refractivity contribution in [1.29, 1.82) is 0 Å². The molecule has 1 aromatic rings. The number of ether oxygens (including phenoxy) is 1. The first-order chi connectivity index (χ1) is 10.1. The van der Waals surface area contributed by atoms with Crippen LogP contribution in [0.1, 0.15) is 58.7 Å². The second-order valence-electron chi connectivity index (χ2n) is 6.01. The average molecular weight is 295 g/mol. The lowest BCUT2D eigenvalue weighted by Crippen LogP contribution is -2.33. The zero-order chi connectivity index (χ0) is 15.7. The maximum absolute atomic E-state index is 5.25. The predicted molar refractivity (Wildman–Crippen MR) is 88.7 cm³/mol. The van der Waals surface area contributed by atoms with Gasteiger partial charge in [0.05, 0.1) is 11.7 Å². The summed E-state index contributed by atoms with van der Waals surface area (Å²) in [5.74, 6) is 0.570. The number of rotatable bonds is 11. The molecule has 0 aromatic carbocycles. The van der Waals surface area contributed by atoms with Crippen LogP contribution in [0, 0.1) is 5.92 Å². The van der Waals surface area contributed by atoms with E-state index in [2.05, 4.69) is 50.0 Å². The second kappa shape index (κ2) is 9.96. The monoisotopic (exact) mass is 295 g/mol. The lowest BCUT2D eigenvalue weighted by Gasteiger charge is -2.21. The first-order valence-corrected chi connectivity index (χ1v) is 8.40. The molecule has 0 fully saturated rings. The Morgan fingerprint density at radius 2 is 2.00 bits per heavy atom. The highest BCUT2D eigenvalue weighted by molar-refractivity contribution is 5.02. The number of hydrogen-bond donors (Lipinski definition) is 1. The summed E-state index contributed by atoms with van der Waals surface area (Å²) >= 11 is 0. The topological polar surface area (TPSA) is 39.1 Å². The first-order valence-electron chi connectivity index (χ1n) is 8.40. The van der Waals surface area contributed by atoms with E-state index >= 15 is 0 Å². The molecule has 0 aliphatic carbocycles. The van der Waals surface area contributed by atoms with Crippen LogP contribution in [0.15, 0.2) is 12.3 Å². The molecule has 0 radical (unpaired) electrons. The molecular formula is C17H33N3O. The van der Waals surface area contributed by atoms with Crippen LogP contribution in [-0.4, -0.2) is 36.1 Å². The molecule has 0 aliphatic heterocycles. The molecule has 4 heteroatoms. The highest BCUT2D eigenvalue weighted by Crippen LogP contribution is 2.16. The third-order valence-corrected chi connectivity index (χ3v) is 4.07. The van der Waals surface area contributed by atoms with E-state index in [0.29, 0.717) is 18.0 Å². The zero-order valence-electron chi connectivity index (χ0n) is 14.4. The van der Waals surface area contributed by atoms with Crippen molar-refractivity contribution in [3.63, 3.8) is 0 Å². The van der Waals surface area contributed by atoms with E-state index in [9.17, 15) is 0 Å². The van der Waals surface area contributed by atoms with Gasteiger partial charge in [0.15, 0.2) is 0 Å². The quantitative estimate of drug-likeness (QED) is 0.680. The number of methoxy groups -OCH3 is 1. The van der Waals surface area contributed by atoms with Crippen molar-refractivity contribution in [2.24, 2.45) is 5.92 Å². The fourth-order valence-corrected chi connectivity index (χ4v) is 2.97. The van der Waals surface area contributed by atoms with Crippen LogP contribution in [-0.2, 0) is 11.2 Å². The largest absolute Gasteiger partial charge is 0.384 e. The second-order valence-corrected chi connectivity index (χ2v) is 6.01. The van der Waals surface area contributed by atoms with Crippen molar-refractivity contribution >= 4 is 0 Å². The fraction of sp³-hybridized carbons (Fsp3) is 0.824. The van der Waals surface area contributed by atoms with Gasteiger partial charge in [-0.2, -0.15) is 5.10 Å². The van der Waals surface area contributed by atoms with E-state index in [1.54, 1.807) is 7.11 Å². The molecule has 0 aliphatic rings.